The number of rotatable bonds is 6. The van der Waals surface area contributed by atoms with E-state index in [0.29, 0.717) is 18.9 Å². The summed E-state index contributed by atoms with van der Waals surface area (Å²) in [5.74, 6) is 1.02. The average molecular weight is 436 g/mol. The second-order valence-electron chi connectivity index (χ2n) is 4.52. The van der Waals surface area contributed by atoms with Gasteiger partial charge in [-0.2, -0.15) is 0 Å². The van der Waals surface area contributed by atoms with Crippen molar-refractivity contribution in [3.05, 3.63) is 50.3 Å². The Morgan fingerprint density at radius 1 is 1.27 bits per heavy atom. The highest BCUT2D eigenvalue weighted by Gasteiger charge is 2.11. The molecule has 0 spiro atoms. The Balaban J connectivity index is 2.17. The van der Waals surface area contributed by atoms with Gasteiger partial charge in [0, 0.05) is 12.2 Å². The maximum atomic E-state index is 13.1. The molecular weight excluding hydrogens is 420 g/mol. The van der Waals surface area contributed by atoms with Crippen molar-refractivity contribution in [2.45, 2.75) is 13.5 Å². The van der Waals surface area contributed by atoms with E-state index in [2.05, 4.69) is 27.9 Å². The molecule has 0 saturated carbocycles. The first-order chi connectivity index (χ1) is 10.5. The van der Waals surface area contributed by atoms with Crippen LogP contribution in [0.5, 0.6) is 11.5 Å². The van der Waals surface area contributed by atoms with Crippen LogP contribution in [0.1, 0.15) is 12.5 Å². The Morgan fingerprint density at radius 3 is 2.68 bits per heavy atom. The minimum Gasteiger partial charge on any atom is -0.492 e. The van der Waals surface area contributed by atoms with Crippen LogP contribution in [0.15, 0.2) is 30.3 Å². The van der Waals surface area contributed by atoms with Gasteiger partial charge in [0.15, 0.2) is 11.5 Å². The third-order valence-corrected chi connectivity index (χ3v) is 4.08. The zero-order chi connectivity index (χ0) is 16.1. The lowest BCUT2D eigenvalue weighted by molar-refractivity contribution is 0.309. The Kier molecular flexibility index (Phi) is 6.14. The molecule has 0 saturated heterocycles. The van der Waals surface area contributed by atoms with E-state index in [9.17, 15) is 4.39 Å². The predicted molar refractivity (Wildman–Crippen MR) is 95.6 cm³/mol. The summed E-state index contributed by atoms with van der Waals surface area (Å²) in [6, 6.07) is 8.50. The van der Waals surface area contributed by atoms with Gasteiger partial charge in [-0.15, -0.1) is 0 Å². The minimum atomic E-state index is -0.426. The molecule has 6 heteroatoms. The fraction of sp³-hybridized carbons (Fsp3) is 0.250. The summed E-state index contributed by atoms with van der Waals surface area (Å²) < 4.78 is 25.1. The van der Waals surface area contributed by atoms with Crippen molar-refractivity contribution < 1.29 is 13.9 Å². The highest BCUT2D eigenvalue weighted by atomic mass is 127. The van der Waals surface area contributed by atoms with Crippen LogP contribution in [0.4, 0.5) is 10.1 Å². The smallest absolute Gasteiger partial charge is 0.174 e. The van der Waals surface area contributed by atoms with E-state index in [1.807, 2.05) is 19.1 Å². The summed E-state index contributed by atoms with van der Waals surface area (Å²) in [4.78, 5) is 0. The second-order valence-corrected chi connectivity index (χ2v) is 6.09. The number of nitrogens with one attached hydrogen (secondary N) is 1. The van der Waals surface area contributed by atoms with Gasteiger partial charge < -0.3 is 14.8 Å². The fourth-order valence-electron chi connectivity index (χ4n) is 1.99. The van der Waals surface area contributed by atoms with Gasteiger partial charge in [-0.05, 0) is 65.4 Å². The van der Waals surface area contributed by atoms with Gasteiger partial charge in [0.05, 0.1) is 22.3 Å². The number of benzene rings is 2. The van der Waals surface area contributed by atoms with E-state index in [1.54, 1.807) is 19.2 Å². The summed E-state index contributed by atoms with van der Waals surface area (Å²) in [6.45, 7) is 3.07. The third-order valence-electron chi connectivity index (χ3n) is 2.99. The highest BCUT2D eigenvalue weighted by Crippen LogP contribution is 2.34. The molecule has 0 aliphatic heterocycles. The van der Waals surface area contributed by atoms with Crippen molar-refractivity contribution in [3.63, 3.8) is 0 Å². The van der Waals surface area contributed by atoms with E-state index in [0.717, 1.165) is 20.6 Å². The number of hydrogen-bond acceptors (Lipinski definition) is 3. The molecule has 2 aromatic carbocycles. The van der Waals surface area contributed by atoms with Crippen LogP contribution in [0.3, 0.4) is 0 Å². The summed E-state index contributed by atoms with van der Waals surface area (Å²) in [5, 5.41) is 3.31. The molecule has 0 radical (unpaired) electrons. The number of halogens is 3. The van der Waals surface area contributed by atoms with Crippen molar-refractivity contribution in [1.29, 1.82) is 0 Å². The molecular formula is C16H16ClFINO2. The molecule has 1 N–H and O–H groups in total. The van der Waals surface area contributed by atoms with Crippen LogP contribution >= 0.6 is 34.2 Å². The molecule has 0 fully saturated rings. The van der Waals surface area contributed by atoms with E-state index in [1.165, 1.54) is 6.07 Å². The maximum absolute atomic E-state index is 13.1. The molecule has 2 aromatic rings. The molecule has 22 heavy (non-hydrogen) atoms. The first-order valence-electron chi connectivity index (χ1n) is 6.73. The molecule has 0 atom stereocenters. The summed E-state index contributed by atoms with van der Waals surface area (Å²) in [5.41, 5.74) is 1.80. The Hall–Kier alpha value is -1.21. The van der Waals surface area contributed by atoms with Crippen LogP contribution in [0.25, 0.3) is 0 Å². The standard InChI is InChI=1S/C16H16ClFINO2/c1-3-22-15-7-10(6-14(19)16(15)21-2)9-20-11-4-5-13(18)12(17)8-11/h4-8,20H,3,9H2,1-2H3. The van der Waals surface area contributed by atoms with Crippen molar-refractivity contribution in [1.82, 2.24) is 0 Å². The topological polar surface area (TPSA) is 30.5 Å². The van der Waals surface area contributed by atoms with E-state index in [-0.39, 0.29) is 5.02 Å². The number of hydrogen-bond donors (Lipinski definition) is 1. The Morgan fingerprint density at radius 2 is 2.05 bits per heavy atom. The molecule has 0 aliphatic carbocycles. The SMILES string of the molecule is CCOc1cc(CNc2ccc(F)c(Cl)c2)cc(I)c1OC. The molecule has 0 amide bonds. The molecule has 0 bridgehead atoms. The number of ether oxygens (including phenoxy) is 2. The van der Waals surface area contributed by atoms with E-state index >= 15 is 0 Å². The molecule has 2 rings (SSSR count). The number of anilines is 1. The van der Waals surface area contributed by atoms with Crippen molar-refractivity contribution in [2.24, 2.45) is 0 Å². The van der Waals surface area contributed by atoms with Crippen LogP contribution in [-0.4, -0.2) is 13.7 Å². The summed E-state index contributed by atoms with van der Waals surface area (Å²) in [6.07, 6.45) is 0. The lowest BCUT2D eigenvalue weighted by Gasteiger charge is -2.14. The van der Waals surface area contributed by atoms with Crippen molar-refractivity contribution in [2.75, 3.05) is 19.0 Å². The minimum absolute atomic E-state index is 0.101. The van der Waals surface area contributed by atoms with Crippen LogP contribution < -0.4 is 14.8 Å². The van der Waals surface area contributed by atoms with Crippen molar-refractivity contribution in [3.8, 4) is 11.5 Å². The lowest BCUT2D eigenvalue weighted by atomic mass is 10.2. The van der Waals surface area contributed by atoms with Gasteiger partial charge in [-0.25, -0.2) is 4.39 Å². The van der Waals surface area contributed by atoms with Crippen LogP contribution in [-0.2, 0) is 6.54 Å². The number of methoxy groups -OCH3 is 1. The molecule has 0 aromatic heterocycles. The van der Waals surface area contributed by atoms with Gasteiger partial charge in [0.25, 0.3) is 0 Å². The van der Waals surface area contributed by atoms with Crippen LogP contribution in [0, 0.1) is 9.39 Å². The predicted octanol–water partition coefficient (Wildman–Crippen LogP) is 5.10. The monoisotopic (exact) mass is 435 g/mol. The van der Waals surface area contributed by atoms with E-state index < -0.39 is 5.82 Å². The fourth-order valence-corrected chi connectivity index (χ4v) is 3.06. The molecule has 0 unspecified atom stereocenters. The molecule has 118 valence electrons. The quantitative estimate of drug-likeness (QED) is 0.640. The Bertz CT molecular complexity index is 667. The highest BCUT2D eigenvalue weighted by molar-refractivity contribution is 14.1. The summed E-state index contributed by atoms with van der Waals surface area (Å²) in [7, 11) is 1.62. The first kappa shape index (κ1) is 17.1. The van der Waals surface area contributed by atoms with Crippen LogP contribution in [0.2, 0.25) is 5.02 Å². The normalized spacial score (nSPS) is 10.4. The van der Waals surface area contributed by atoms with Gasteiger partial charge in [-0.3, -0.25) is 0 Å². The largest absolute Gasteiger partial charge is 0.492 e. The molecule has 0 heterocycles. The molecule has 0 aliphatic rings. The average Bonchev–Trinajstić information content (AvgIpc) is 2.49. The van der Waals surface area contributed by atoms with Gasteiger partial charge >= 0.3 is 0 Å². The second kappa shape index (κ2) is 7.87. The van der Waals surface area contributed by atoms with E-state index in [4.69, 9.17) is 21.1 Å². The Labute approximate surface area is 147 Å². The first-order valence-corrected chi connectivity index (χ1v) is 8.19. The van der Waals surface area contributed by atoms with Gasteiger partial charge in [-0.1, -0.05) is 11.6 Å². The third kappa shape index (κ3) is 4.16. The zero-order valence-corrected chi connectivity index (χ0v) is 15.2. The molecule has 3 nitrogen and oxygen atoms in total. The zero-order valence-electron chi connectivity index (χ0n) is 12.3. The van der Waals surface area contributed by atoms with Crippen molar-refractivity contribution >= 4 is 39.9 Å². The summed E-state index contributed by atoms with van der Waals surface area (Å²) >= 11 is 7.99. The maximum Gasteiger partial charge on any atom is 0.174 e. The van der Waals surface area contributed by atoms with Gasteiger partial charge in [0.1, 0.15) is 5.82 Å². The lowest BCUT2D eigenvalue weighted by Crippen LogP contribution is -2.03. The van der Waals surface area contributed by atoms with Gasteiger partial charge in [0.2, 0.25) is 0 Å².